The van der Waals surface area contributed by atoms with Crippen LogP contribution in [0.3, 0.4) is 0 Å². The van der Waals surface area contributed by atoms with Crippen LogP contribution in [0, 0.1) is 0 Å². The van der Waals surface area contributed by atoms with Crippen LogP contribution in [0.25, 0.3) is 0 Å². The van der Waals surface area contributed by atoms with Crippen LogP contribution in [-0.2, 0) is 27.9 Å². The smallest absolute Gasteiger partial charge is 0.356 e. The molecular weight excluding hydrogens is 377 g/mol. The van der Waals surface area contributed by atoms with E-state index < -0.39 is 19.5 Å². The molecule has 1 fully saturated rings. The molecule has 156 valence electrons. The molecule has 1 unspecified atom stereocenters. The van der Waals surface area contributed by atoms with Crippen molar-refractivity contribution in [1.82, 2.24) is 15.8 Å². The predicted octanol–water partition coefficient (Wildman–Crippen LogP) is 1.98. The molecule has 0 spiro atoms. The van der Waals surface area contributed by atoms with Gasteiger partial charge in [-0.15, -0.1) is 0 Å². The van der Waals surface area contributed by atoms with Crippen LogP contribution in [0.2, 0.25) is 0 Å². The highest BCUT2D eigenvalue weighted by atomic mass is 31.2. The van der Waals surface area contributed by atoms with Crippen molar-refractivity contribution >= 4 is 19.5 Å². The third-order valence-corrected chi connectivity index (χ3v) is 5.31. The Hall–Kier alpha value is -1.45. The van der Waals surface area contributed by atoms with Crippen molar-refractivity contribution in [2.75, 3.05) is 39.3 Å². The third kappa shape index (κ3) is 8.85. The summed E-state index contributed by atoms with van der Waals surface area (Å²) in [7, 11) is -3.26. The number of hydrogen-bond acceptors (Lipinski definition) is 8. The van der Waals surface area contributed by atoms with E-state index in [9.17, 15) is 14.2 Å². The van der Waals surface area contributed by atoms with Crippen LogP contribution in [0.1, 0.15) is 34.1 Å². The minimum Gasteiger partial charge on any atom is -0.501 e. The maximum atomic E-state index is 12.4. The predicted molar refractivity (Wildman–Crippen MR) is 98.8 cm³/mol. The number of carbonyl (C=O) groups excluding carboxylic acids is 2. The van der Waals surface area contributed by atoms with Crippen molar-refractivity contribution in [3.63, 3.8) is 0 Å². The number of carbonyl (C=O) groups is 2. The van der Waals surface area contributed by atoms with Crippen molar-refractivity contribution in [3.8, 4) is 0 Å². The zero-order valence-electron chi connectivity index (χ0n) is 16.4. The first-order valence-electron chi connectivity index (χ1n) is 8.98. The van der Waals surface area contributed by atoms with Crippen molar-refractivity contribution in [2.24, 2.45) is 0 Å². The van der Waals surface area contributed by atoms with Gasteiger partial charge in [-0.05, 0) is 34.1 Å². The molecule has 1 aliphatic heterocycles. The molecule has 0 bridgehead atoms. The standard InChI is InChI=1S/C16H30N3O7P/c1-5-23-11-13(4)15(20)17-16(21)18-19-9-8-14(10-19)24-12-27(22,25-6-2)26-7-3/h11,14H,5-10,12H2,1-4H3,(H2,17,18,20,21)/b13-11+. The Bertz CT molecular complexity index is 560. The van der Waals surface area contributed by atoms with Gasteiger partial charge in [0.25, 0.3) is 5.91 Å². The molecule has 0 aromatic carbocycles. The molecule has 0 saturated carbocycles. The normalized spacial score (nSPS) is 18.4. The lowest BCUT2D eigenvalue weighted by atomic mass is 10.3. The van der Waals surface area contributed by atoms with Gasteiger partial charge in [0.2, 0.25) is 0 Å². The Morgan fingerprint density at radius 2 is 1.85 bits per heavy atom. The molecule has 0 aromatic rings. The Morgan fingerprint density at radius 3 is 2.44 bits per heavy atom. The second-order valence-electron chi connectivity index (χ2n) is 5.75. The molecule has 0 radical (unpaired) electrons. The van der Waals surface area contributed by atoms with Crippen LogP contribution < -0.4 is 10.7 Å². The van der Waals surface area contributed by atoms with E-state index in [1.54, 1.807) is 32.7 Å². The molecule has 0 aromatic heterocycles. The summed E-state index contributed by atoms with van der Waals surface area (Å²) >= 11 is 0. The summed E-state index contributed by atoms with van der Waals surface area (Å²) in [6, 6.07) is -0.640. The highest BCUT2D eigenvalue weighted by molar-refractivity contribution is 7.53. The average molecular weight is 407 g/mol. The molecule has 3 amide bonds. The summed E-state index contributed by atoms with van der Waals surface area (Å²) in [5.74, 6) is -0.540. The van der Waals surface area contributed by atoms with Gasteiger partial charge in [0, 0.05) is 18.7 Å². The van der Waals surface area contributed by atoms with Crippen LogP contribution in [-0.4, -0.2) is 62.3 Å². The van der Waals surface area contributed by atoms with E-state index in [0.717, 1.165) is 0 Å². The molecule has 1 atom stereocenters. The molecule has 1 rings (SSSR count). The summed E-state index contributed by atoms with van der Waals surface area (Å²) in [6.07, 6.45) is 1.57. The highest BCUT2D eigenvalue weighted by Crippen LogP contribution is 2.48. The van der Waals surface area contributed by atoms with Crippen molar-refractivity contribution in [1.29, 1.82) is 0 Å². The first-order chi connectivity index (χ1) is 12.8. The minimum absolute atomic E-state index is 0.140. The fourth-order valence-corrected chi connectivity index (χ4v) is 3.71. The highest BCUT2D eigenvalue weighted by Gasteiger charge is 2.30. The van der Waals surface area contributed by atoms with Gasteiger partial charge in [-0.25, -0.2) is 9.80 Å². The van der Waals surface area contributed by atoms with E-state index in [-0.39, 0.29) is 31.2 Å². The molecule has 0 aliphatic carbocycles. The zero-order valence-corrected chi connectivity index (χ0v) is 17.3. The van der Waals surface area contributed by atoms with Crippen molar-refractivity contribution in [2.45, 2.75) is 40.2 Å². The number of ether oxygens (including phenoxy) is 2. The SMILES string of the molecule is CCO/C=C(\C)C(=O)NC(=O)NN1CCC(OCP(=O)(OCC)OCC)C1. The van der Waals surface area contributed by atoms with E-state index in [4.69, 9.17) is 18.5 Å². The van der Waals surface area contributed by atoms with Gasteiger partial charge in [0.15, 0.2) is 0 Å². The summed E-state index contributed by atoms with van der Waals surface area (Å²) in [6.45, 7) is 8.71. The van der Waals surface area contributed by atoms with Crippen LogP contribution in [0.4, 0.5) is 4.79 Å². The largest absolute Gasteiger partial charge is 0.501 e. The number of hydrogen-bond donors (Lipinski definition) is 2. The maximum Gasteiger partial charge on any atom is 0.356 e. The van der Waals surface area contributed by atoms with E-state index in [1.807, 2.05) is 0 Å². The fraction of sp³-hybridized carbons (Fsp3) is 0.750. The third-order valence-electron chi connectivity index (χ3n) is 3.54. The van der Waals surface area contributed by atoms with Crippen LogP contribution >= 0.6 is 7.60 Å². The van der Waals surface area contributed by atoms with Gasteiger partial charge in [0.05, 0.1) is 32.2 Å². The minimum atomic E-state index is -3.26. The molecule has 1 saturated heterocycles. The van der Waals surface area contributed by atoms with Gasteiger partial charge in [-0.1, -0.05) is 0 Å². The molecule has 27 heavy (non-hydrogen) atoms. The monoisotopic (exact) mass is 407 g/mol. The lowest BCUT2D eigenvalue weighted by Gasteiger charge is -2.20. The first kappa shape index (κ1) is 23.6. The average Bonchev–Trinajstić information content (AvgIpc) is 3.05. The van der Waals surface area contributed by atoms with Gasteiger partial charge in [0.1, 0.15) is 6.35 Å². The maximum absolute atomic E-state index is 12.4. The number of hydrazine groups is 1. The number of imide groups is 1. The van der Waals surface area contributed by atoms with Crippen LogP contribution in [0.15, 0.2) is 11.8 Å². The van der Waals surface area contributed by atoms with Crippen molar-refractivity contribution in [3.05, 3.63) is 11.8 Å². The summed E-state index contributed by atoms with van der Waals surface area (Å²) in [5, 5.41) is 3.84. The van der Waals surface area contributed by atoms with Crippen LogP contribution in [0.5, 0.6) is 0 Å². The number of rotatable bonds is 11. The molecule has 1 heterocycles. The number of amides is 3. The molecule has 10 nitrogen and oxygen atoms in total. The van der Waals surface area contributed by atoms with Gasteiger partial charge >= 0.3 is 13.6 Å². The number of urea groups is 1. The number of nitrogens with zero attached hydrogens (tertiary/aromatic N) is 1. The van der Waals surface area contributed by atoms with E-state index in [1.165, 1.54) is 6.26 Å². The zero-order chi connectivity index (χ0) is 20.3. The fourth-order valence-electron chi connectivity index (χ4n) is 2.30. The van der Waals surface area contributed by atoms with E-state index in [0.29, 0.717) is 26.1 Å². The van der Waals surface area contributed by atoms with E-state index >= 15 is 0 Å². The van der Waals surface area contributed by atoms with Gasteiger partial charge in [-0.2, -0.15) is 0 Å². The molecule has 11 heteroatoms. The second-order valence-corrected chi connectivity index (χ2v) is 7.75. The van der Waals surface area contributed by atoms with Gasteiger partial charge in [-0.3, -0.25) is 20.1 Å². The Morgan fingerprint density at radius 1 is 1.19 bits per heavy atom. The Balaban J connectivity index is 2.39. The first-order valence-corrected chi connectivity index (χ1v) is 10.7. The summed E-state index contributed by atoms with van der Waals surface area (Å²) < 4.78 is 33.4. The quantitative estimate of drug-likeness (QED) is 0.304. The molecular formula is C16H30N3O7P. The topological polar surface area (TPSA) is 115 Å². The summed E-state index contributed by atoms with van der Waals surface area (Å²) in [5.41, 5.74) is 2.87. The molecule has 1 aliphatic rings. The summed E-state index contributed by atoms with van der Waals surface area (Å²) in [4.78, 5) is 23.7. The molecule has 2 N–H and O–H groups in total. The Kier molecular flexibility index (Phi) is 10.6. The number of nitrogens with one attached hydrogen (secondary N) is 2. The second kappa shape index (κ2) is 12.1. The Labute approximate surface area is 160 Å². The lowest BCUT2D eigenvalue weighted by molar-refractivity contribution is -0.116. The van der Waals surface area contributed by atoms with E-state index in [2.05, 4.69) is 10.7 Å². The van der Waals surface area contributed by atoms with Crippen molar-refractivity contribution < 1.29 is 32.7 Å². The lowest BCUT2D eigenvalue weighted by Crippen LogP contribution is -2.48. The van der Waals surface area contributed by atoms with Gasteiger partial charge < -0.3 is 18.5 Å².